The van der Waals surface area contributed by atoms with Crippen LogP contribution in [-0.2, 0) is 0 Å². The minimum absolute atomic E-state index is 0.0232. The van der Waals surface area contributed by atoms with Gasteiger partial charge in [0, 0.05) is 16.6 Å². The number of halogens is 2. The van der Waals surface area contributed by atoms with Crippen molar-refractivity contribution < 1.29 is 4.79 Å². The molecular formula is C13H17BrINO. The van der Waals surface area contributed by atoms with E-state index in [9.17, 15) is 4.79 Å². The van der Waals surface area contributed by atoms with Crippen LogP contribution in [0.1, 0.15) is 35.2 Å². The van der Waals surface area contributed by atoms with Gasteiger partial charge < -0.3 is 5.32 Å². The van der Waals surface area contributed by atoms with E-state index in [1.54, 1.807) is 0 Å². The van der Waals surface area contributed by atoms with Gasteiger partial charge in [0.1, 0.15) is 0 Å². The molecule has 0 radical (unpaired) electrons. The van der Waals surface area contributed by atoms with Crippen LogP contribution in [0.25, 0.3) is 0 Å². The third-order valence-corrected chi connectivity index (χ3v) is 4.17. The zero-order chi connectivity index (χ0) is 12.7. The smallest absolute Gasteiger partial charge is 0.251 e. The van der Waals surface area contributed by atoms with Crippen molar-refractivity contribution in [2.75, 3.05) is 11.0 Å². The number of aryl methyl sites for hydroxylation is 1. The Kier molecular flexibility index (Phi) is 7.11. The molecule has 0 unspecified atom stereocenters. The van der Waals surface area contributed by atoms with Crippen LogP contribution in [0.5, 0.6) is 0 Å². The Morgan fingerprint density at radius 1 is 1.35 bits per heavy atom. The second-order valence-corrected chi connectivity index (χ2v) is 5.90. The van der Waals surface area contributed by atoms with E-state index in [1.165, 1.54) is 17.3 Å². The molecule has 1 rings (SSSR count). The largest absolute Gasteiger partial charge is 0.352 e. The number of benzene rings is 1. The number of hydrogen-bond acceptors (Lipinski definition) is 1. The molecule has 0 bridgehead atoms. The van der Waals surface area contributed by atoms with E-state index in [1.807, 2.05) is 25.1 Å². The number of hydrogen-bond donors (Lipinski definition) is 1. The summed E-state index contributed by atoms with van der Waals surface area (Å²) in [5.41, 5.74) is 1.82. The topological polar surface area (TPSA) is 29.1 Å². The Labute approximate surface area is 125 Å². The van der Waals surface area contributed by atoms with Gasteiger partial charge in [0.05, 0.1) is 0 Å². The highest BCUT2D eigenvalue weighted by atomic mass is 127. The van der Waals surface area contributed by atoms with Gasteiger partial charge in [-0.1, -0.05) is 44.9 Å². The van der Waals surface area contributed by atoms with Crippen molar-refractivity contribution in [2.45, 2.75) is 26.2 Å². The third kappa shape index (κ3) is 5.38. The fraction of sp³-hybridized carbons (Fsp3) is 0.462. The molecule has 0 heterocycles. The maximum atomic E-state index is 11.8. The van der Waals surface area contributed by atoms with Crippen molar-refractivity contribution in [2.24, 2.45) is 0 Å². The zero-order valence-corrected chi connectivity index (χ0v) is 13.7. The van der Waals surface area contributed by atoms with Gasteiger partial charge in [-0.2, -0.15) is 0 Å². The normalized spacial score (nSPS) is 10.3. The monoisotopic (exact) mass is 409 g/mol. The molecular weight excluding hydrogens is 393 g/mol. The highest BCUT2D eigenvalue weighted by molar-refractivity contribution is 14.1. The zero-order valence-electron chi connectivity index (χ0n) is 9.93. The minimum Gasteiger partial charge on any atom is -0.352 e. The minimum atomic E-state index is 0.0232. The molecule has 0 aliphatic carbocycles. The Bertz CT molecular complexity index is 382. The molecule has 0 atom stereocenters. The van der Waals surface area contributed by atoms with Gasteiger partial charge >= 0.3 is 0 Å². The van der Waals surface area contributed by atoms with Gasteiger partial charge in [-0.25, -0.2) is 0 Å². The maximum absolute atomic E-state index is 11.8. The Morgan fingerprint density at radius 3 is 2.76 bits per heavy atom. The molecule has 4 heteroatoms. The van der Waals surface area contributed by atoms with Gasteiger partial charge in [0.15, 0.2) is 0 Å². The van der Waals surface area contributed by atoms with E-state index in [-0.39, 0.29) is 5.91 Å². The van der Waals surface area contributed by atoms with Crippen LogP contribution in [0.15, 0.2) is 22.7 Å². The fourth-order valence-corrected chi connectivity index (χ4v) is 2.27. The number of rotatable bonds is 6. The summed E-state index contributed by atoms with van der Waals surface area (Å²) in [6.45, 7) is 2.76. The lowest BCUT2D eigenvalue weighted by Crippen LogP contribution is -2.24. The van der Waals surface area contributed by atoms with Crippen LogP contribution in [0, 0.1) is 6.92 Å². The van der Waals surface area contributed by atoms with E-state index in [0.717, 1.165) is 28.6 Å². The number of amides is 1. The Hall–Kier alpha value is -0.100. The van der Waals surface area contributed by atoms with Crippen molar-refractivity contribution >= 4 is 44.4 Å². The molecule has 0 spiro atoms. The lowest BCUT2D eigenvalue weighted by Gasteiger charge is -2.06. The molecule has 0 aliphatic rings. The highest BCUT2D eigenvalue weighted by Crippen LogP contribution is 2.16. The fourth-order valence-electron chi connectivity index (χ4n) is 1.49. The van der Waals surface area contributed by atoms with Crippen molar-refractivity contribution in [1.29, 1.82) is 0 Å². The Balaban J connectivity index is 2.39. The first-order valence-corrected chi connectivity index (χ1v) is 8.07. The number of unbranched alkanes of at least 4 members (excludes halogenated alkanes) is 2. The van der Waals surface area contributed by atoms with Gasteiger partial charge in [-0.15, -0.1) is 0 Å². The number of nitrogens with one attached hydrogen (secondary N) is 1. The number of carbonyl (C=O) groups excluding carboxylic acids is 1. The first kappa shape index (κ1) is 15.0. The van der Waals surface area contributed by atoms with E-state index in [2.05, 4.69) is 43.8 Å². The maximum Gasteiger partial charge on any atom is 0.251 e. The predicted molar refractivity (Wildman–Crippen MR) is 84.0 cm³/mol. The van der Waals surface area contributed by atoms with E-state index in [4.69, 9.17) is 0 Å². The van der Waals surface area contributed by atoms with Crippen molar-refractivity contribution in [3.8, 4) is 0 Å². The van der Waals surface area contributed by atoms with E-state index >= 15 is 0 Å². The van der Waals surface area contributed by atoms with Crippen LogP contribution >= 0.6 is 38.5 Å². The Morgan fingerprint density at radius 2 is 2.12 bits per heavy atom. The highest BCUT2D eigenvalue weighted by Gasteiger charge is 2.05. The summed E-state index contributed by atoms with van der Waals surface area (Å²) >= 11 is 5.80. The first-order chi connectivity index (χ1) is 8.15. The summed E-state index contributed by atoms with van der Waals surface area (Å²) < 4.78 is 2.23. The van der Waals surface area contributed by atoms with Crippen molar-refractivity contribution in [3.63, 3.8) is 0 Å². The predicted octanol–water partition coefficient (Wildman–Crippen LogP) is 4.09. The molecule has 0 fully saturated rings. The second-order valence-electron chi connectivity index (χ2n) is 3.97. The molecule has 0 saturated carbocycles. The van der Waals surface area contributed by atoms with Crippen molar-refractivity contribution in [3.05, 3.63) is 33.8 Å². The van der Waals surface area contributed by atoms with Crippen molar-refractivity contribution in [1.82, 2.24) is 5.32 Å². The van der Waals surface area contributed by atoms with Crippen LogP contribution in [0.2, 0.25) is 0 Å². The van der Waals surface area contributed by atoms with Gasteiger partial charge in [0.25, 0.3) is 5.91 Å². The van der Waals surface area contributed by atoms with Crippen LogP contribution < -0.4 is 5.32 Å². The second kappa shape index (κ2) is 8.08. The lowest BCUT2D eigenvalue weighted by atomic mass is 10.1. The molecule has 2 nitrogen and oxygen atoms in total. The number of alkyl halides is 1. The average Bonchev–Trinajstić information content (AvgIpc) is 2.32. The summed E-state index contributed by atoms with van der Waals surface area (Å²) in [4.78, 5) is 11.8. The molecule has 1 N–H and O–H groups in total. The first-order valence-electron chi connectivity index (χ1n) is 5.75. The van der Waals surface area contributed by atoms with Gasteiger partial charge in [-0.3, -0.25) is 4.79 Å². The average molecular weight is 410 g/mol. The van der Waals surface area contributed by atoms with E-state index < -0.39 is 0 Å². The van der Waals surface area contributed by atoms with Crippen LogP contribution in [0.3, 0.4) is 0 Å². The summed E-state index contributed by atoms with van der Waals surface area (Å²) in [6.07, 6.45) is 3.47. The van der Waals surface area contributed by atoms with Crippen LogP contribution in [-0.4, -0.2) is 16.9 Å². The SMILES string of the molecule is Cc1cc(C(=O)NCCCCCI)ccc1Br. The lowest BCUT2D eigenvalue weighted by molar-refractivity contribution is 0.0953. The van der Waals surface area contributed by atoms with E-state index in [0.29, 0.717) is 0 Å². The summed E-state index contributed by atoms with van der Waals surface area (Å²) in [6, 6.07) is 5.67. The third-order valence-electron chi connectivity index (χ3n) is 2.52. The molecule has 1 amide bonds. The molecule has 17 heavy (non-hydrogen) atoms. The summed E-state index contributed by atoms with van der Waals surface area (Å²) in [7, 11) is 0. The molecule has 94 valence electrons. The number of carbonyl (C=O) groups is 1. The quantitative estimate of drug-likeness (QED) is 0.428. The standard InChI is InChI=1S/C13H17BrINO/c1-10-9-11(5-6-12(10)14)13(17)16-8-4-2-3-7-15/h5-6,9H,2-4,7-8H2,1H3,(H,16,17). The molecule has 1 aromatic carbocycles. The molecule has 0 aliphatic heterocycles. The molecule has 1 aromatic rings. The summed E-state index contributed by atoms with van der Waals surface area (Å²) in [5, 5.41) is 2.95. The molecule has 0 aromatic heterocycles. The van der Waals surface area contributed by atoms with Crippen LogP contribution in [0.4, 0.5) is 0 Å². The van der Waals surface area contributed by atoms with Gasteiger partial charge in [-0.05, 0) is 48.0 Å². The van der Waals surface area contributed by atoms with Gasteiger partial charge in [0.2, 0.25) is 0 Å². The molecule has 0 saturated heterocycles. The summed E-state index contributed by atoms with van der Waals surface area (Å²) in [5.74, 6) is 0.0232.